The van der Waals surface area contributed by atoms with Gasteiger partial charge in [0.2, 0.25) is 0 Å². The Hall–Kier alpha value is -3.85. The molecule has 0 spiro atoms. The van der Waals surface area contributed by atoms with Gasteiger partial charge in [0.15, 0.2) is 0 Å². The number of nitro benzene ring substituents is 1. The fourth-order valence-corrected chi connectivity index (χ4v) is 5.01. The normalized spacial score (nSPS) is 15.4. The fourth-order valence-electron chi connectivity index (χ4n) is 5.01. The summed E-state index contributed by atoms with van der Waals surface area (Å²) in [7, 11) is 0. The van der Waals surface area contributed by atoms with Gasteiger partial charge in [-0.05, 0) is 87.1 Å². The molecule has 1 heterocycles. The third-order valence-electron chi connectivity index (χ3n) is 7.05. The van der Waals surface area contributed by atoms with Gasteiger partial charge >= 0.3 is 6.09 Å². The maximum atomic E-state index is 14.0. The van der Waals surface area contributed by atoms with Crippen molar-refractivity contribution >= 4 is 11.8 Å². The second kappa shape index (κ2) is 12.1. The van der Waals surface area contributed by atoms with Crippen LogP contribution in [-0.4, -0.2) is 45.5 Å². The summed E-state index contributed by atoms with van der Waals surface area (Å²) in [4.78, 5) is 28.1. The smallest absolute Gasteiger partial charge is 0.410 e. The largest absolute Gasteiger partial charge is 0.444 e. The van der Waals surface area contributed by atoms with Crippen molar-refractivity contribution in [2.75, 3.05) is 13.1 Å². The van der Waals surface area contributed by atoms with E-state index < -0.39 is 16.6 Å². The Kier molecular flexibility index (Phi) is 8.83. The number of carbonyl (C=O) groups excluding carboxylic acids is 1. The Labute approximate surface area is 233 Å². The first-order valence-electron chi connectivity index (χ1n) is 13.4. The molecule has 1 amide bonds. The lowest BCUT2D eigenvalue weighted by Gasteiger charge is -2.38. The Balaban J connectivity index is 1.57. The van der Waals surface area contributed by atoms with Gasteiger partial charge in [0, 0.05) is 43.9 Å². The van der Waals surface area contributed by atoms with E-state index >= 15 is 0 Å². The molecule has 0 saturated carbocycles. The quantitative estimate of drug-likeness (QED) is 0.233. The van der Waals surface area contributed by atoms with Crippen LogP contribution in [0.4, 0.5) is 19.3 Å². The topological polar surface area (TPSA) is 75.9 Å². The van der Waals surface area contributed by atoms with Gasteiger partial charge in [-0.3, -0.25) is 15.0 Å². The summed E-state index contributed by atoms with van der Waals surface area (Å²) in [6, 6.07) is 16.2. The van der Waals surface area contributed by atoms with Gasteiger partial charge in [0.1, 0.15) is 17.2 Å². The van der Waals surface area contributed by atoms with Crippen molar-refractivity contribution in [1.29, 1.82) is 0 Å². The van der Waals surface area contributed by atoms with Crippen LogP contribution >= 0.6 is 0 Å². The predicted molar refractivity (Wildman–Crippen MR) is 149 cm³/mol. The summed E-state index contributed by atoms with van der Waals surface area (Å²) in [5.74, 6) is -0.586. The summed E-state index contributed by atoms with van der Waals surface area (Å²) < 4.78 is 33.2. The van der Waals surface area contributed by atoms with Crippen molar-refractivity contribution in [3.63, 3.8) is 0 Å². The molecule has 1 atom stereocenters. The molecular formula is C31H35F2N3O4. The summed E-state index contributed by atoms with van der Waals surface area (Å²) in [5, 5.41) is 11.5. The first kappa shape index (κ1) is 29.1. The molecule has 0 radical (unpaired) electrons. The Morgan fingerprint density at radius 2 is 1.70 bits per heavy atom. The van der Waals surface area contributed by atoms with Crippen LogP contribution in [0.3, 0.4) is 0 Å². The number of nitro groups is 1. The van der Waals surface area contributed by atoms with E-state index in [-0.39, 0.29) is 29.9 Å². The van der Waals surface area contributed by atoms with Crippen molar-refractivity contribution in [3.8, 4) is 0 Å². The number of hydrogen-bond donors (Lipinski definition) is 0. The molecule has 0 aliphatic carbocycles. The lowest BCUT2D eigenvalue weighted by atomic mass is 9.90. The predicted octanol–water partition coefficient (Wildman–Crippen LogP) is 6.59. The zero-order valence-electron chi connectivity index (χ0n) is 23.3. The number of benzene rings is 3. The monoisotopic (exact) mass is 551 g/mol. The molecule has 0 fully saturated rings. The van der Waals surface area contributed by atoms with Gasteiger partial charge < -0.3 is 9.64 Å². The van der Waals surface area contributed by atoms with Crippen molar-refractivity contribution in [2.24, 2.45) is 0 Å². The van der Waals surface area contributed by atoms with Crippen molar-refractivity contribution in [3.05, 3.63) is 110 Å². The molecule has 40 heavy (non-hydrogen) atoms. The van der Waals surface area contributed by atoms with E-state index in [0.29, 0.717) is 43.6 Å². The summed E-state index contributed by atoms with van der Waals surface area (Å²) >= 11 is 0. The van der Waals surface area contributed by atoms with Gasteiger partial charge in [0.25, 0.3) is 5.69 Å². The van der Waals surface area contributed by atoms with E-state index in [4.69, 9.17) is 4.74 Å². The number of halogens is 2. The summed E-state index contributed by atoms with van der Waals surface area (Å²) in [6.45, 7) is 8.57. The third-order valence-corrected chi connectivity index (χ3v) is 7.05. The van der Waals surface area contributed by atoms with Crippen LogP contribution < -0.4 is 0 Å². The van der Waals surface area contributed by atoms with E-state index in [2.05, 4.69) is 4.90 Å². The molecule has 1 aliphatic rings. The van der Waals surface area contributed by atoms with Crippen molar-refractivity contribution in [1.82, 2.24) is 9.80 Å². The molecule has 7 nitrogen and oxygen atoms in total. The highest BCUT2D eigenvalue weighted by molar-refractivity contribution is 5.68. The minimum Gasteiger partial charge on any atom is -0.444 e. The van der Waals surface area contributed by atoms with E-state index in [0.717, 1.165) is 16.7 Å². The van der Waals surface area contributed by atoms with Crippen LogP contribution in [0, 0.1) is 28.7 Å². The number of aryl methyl sites for hydroxylation is 1. The molecule has 0 aromatic heterocycles. The lowest BCUT2D eigenvalue weighted by Crippen LogP contribution is -2.47. The maximum absolute atomic E-state index is 14.0. The fraction of sp³-hybridized carbons (Fsp3) is 0.387. The first-order valence-corrected chi connectivity index (χ1v) is 13.4. The van der Waals surface area contributed by atoms with Crippen LogP contribution in [0.25, 0.3) is 0 Å². The molecule has 3 aromatic carbocycles. The number of nitrogens with zero attached hydrogens (tertiary/aromatic N) is 3. The number of amides is 1. The molecular weight excluding hydrogens is 516 g/mol. The van der Waals surface area contributed by atoms with Gasteiger partial charge in [-0.25, -0.2) is 13.6 Å². The zero-order valence-corrected chi connectivity index (χ0v) is 23.3. The molecule has 1 aliphatic heterocycles. The van der Waals surface area contributed by atoms with Crippen LogP contribution in [0.5, 0.6) is 0 Å². The van der Waals surface area contributed by atoms with Gasteiger partial charge in [-0.15, -0.1) is 0 Å². The SMILES string of the molecule is Cc1ccc(CN(CCN2Cc3ccc(F)cc3CC2Cc2ccc(F)cc2)C(=O)OC(C)(C)C)cc1[N+](=O)[O-]. The first-order chi connectivity index (χ1) is 18.9. The molecule has 0 bridgehead atoms. The van der Waals surface area contributed by atoms with Gasteiger partial charge in [0.05, 0.1) is 4.92 Å². The number of ether oxygens (including phenoxy) is 1. The zero-order chi connectivity index (χ0) is 29.0. The molecule has 3 aromatic rings. The Morgan fingerprint density at radius 1 is 1.02 bits per heavy atom. The standard InChI is InChI=1S/C31H35F2N3O4/c1-21-5-6-23(16-29(21)36(38)39)19-35(30(37)40-31(2,3)4)14-13-34-20-24-9-12-27(33)17-25(24)18-28(34)15-22-7-10-26(32)11-8-22/h5-12,16-17,28H,13-15,18-20H2,1-4H3. The van der Waals surface area contributed by atoms with Crippen molar-refractivity contribution < 1.29 is 23.2 Å². The number of hydrogen-bond acceptors (Lipinski definition) is 5. The third kappa shape index (κ3) is 7.63. The number of carbonyl (C=O) groups is 1. The Morgan fingerprint density at radius 3 is 2.38 bits per heavy atom. The second-order valence-electron chi connectivity index (χ2n) is 11.4. The lowest BCUT2D eigenvalue weighted by molar-refractivity contribution is -0.385. The summed E-state index contributed by atoms with van der Waals surface area (Å²) in [5.41, 5.74) is 3.39. The average Bonchev–Trinajstić information content (AvgIpc) is 2.87. The highest BCUT2D eigenvalue weighted by atomic mass is 19.1. The van der Waals surface area contributed by atoms with E-state index in [9.17, 15) is 23.7 Å². The van der Waals surface area contributed by atoms with Gasteiger partial charge in [-0.1, -0.05) is 30.3 Å². The minimum absolute atomic E-state index is 0.000657. The van der Waals surface area contributed by atoms with Crippen molar-refractivity contribution in [2.45, 2.75) is 65.3 Å². The van der Waals surface area contributed by atoms with E-state index in [1.807, 2.05) is 0 Å². The van der Waals surface area contributed by atoms with E-state index in [1.54, 1.807) is 69.0 Å². The maximum Gasteiger partial charge on any atom is 0.410 e. The number of fused-ring (bicyclic) bond motifs is 1. The molecule has 9 heteroatoms. The Bertz CT molecular complexity index is 1370. The molecule has 212 valence electrons. The molecule has 0 saturated heterocycles. The summed E-state index contributed by atoms with van der Waals surface area (Å²) in [6.07, 6.45) is 0.735. The molecule has 4 rings (SSSR count). The van der Waals surface area contributed by atoms with Crippen LogP contribution in [0.2, 0.25) is 0 Å². The second-order valence-corrected chi connectivity index (χ2v) is 11.4. The average molecular weight is 552 g/mol. The van der Waals surface area contributed by atoms with Crippen LogP contribution in [0.15, 0.2) is 60.7 Å². The van der Waals surface area contributed by atoms with E-state index in [1.165, 1.54) is 24.3 Å². The van der Waals surface area contributed by atoms with Crippen LogP contribution in [-0.2, 0) is 30.7 Å². The number of rotatable bonds is 8. The highest BCUT2D eigenvalue weighted by Gasteiger charge is 2.29. The highest BCUT2D eigenvalue weighted by Crippen LogP contribution is 2.27. The molecule has 0 N–H and O–H groups in total. The van der Waals surface area contributed by atoms with Gasteiger partial charge in [-0.2, -0.15) is 0 Å². The minimum atomic E-state index is -0.714. The van der Waals surface area contributed by atoms with Crippen LogP contribution in [0.1, 0.15) is 48.6 Å². The molecule has 1 unspecified atom stereocenters.